The lowest BCUT2D eigenvalue weighted by Gasteiger charge is -2.35. The number of nitrogens with zero attached hydrogens (tertiary/aromatic N) is 6. The average molecular weight is 444 g/mol. The minimum Gasteiger partial charge on any atom is -0.475 e. The fraction of sp³-hybridized carbons (Fsp3) is 0.381. The summed E-state index contributed by atoms with van der Waals surface area (Å²) in [7, 11) is 0. The van der Waals surface area contributed by atoms with Gasteiger partial charge in [0.2, 0.25) is 5.88 Å². The molecule has 1 saturated heterocycles. The summed E-state index contributed by atoms with van der Waals surface area (Å²) >= 11 is 0. The molecule has 1 amide bonds. The Kier molecular flexibility index (Phi) is 5.03. The van der Waals surface area contributed by atoms with Crippen LogP contribution >= 0.6 is 0 Å². The summed E-state index contributed by atoms with van der Waals surface area (Å²) in [5, 5.41) is 8.18. The van der Waals surface area contributed by atoms with Crippen LogP contribution in [0.15, 0.2) is 49.1 Å². The molecule has 2 aliphatic rings. The van der Waals surface area contributed by atoms with Gasteiger partial charge in [-0.2, -0.15) is 23.4 Å². The third kappa shape index (κ3) is 4.02. The lowest BCUT2D eigenvalue weighted by molar-refractivity contribution is -0.137. The van der Waals surface area contributed by atoms with Gasteiger partial charge in [0, 0.05) is 25.0 Å². The highest BCUT2D eigenvalue weighted by atomic mass is 19.4. The minimum absolute atomic E-state index is 0.0471. The number of aromatic nitrogens is 5. The molecule has 32 heavy (non-hydrogen) atoms. The normalized spacial score (nSPS) is 22.3. The van der Waals surface area contributed by atoms with Crippen molar-refractivity contribution in [1.29, 1.82) is 0 Å². The second-order valence-corrected chi connectivity index (χ2v) is 7.98. The van der Waals surface area contributed by atoms with Crippen molar-refractivity contribution >= 4 is 5.91 Å². The Morgan fingerprint density at radius 1 is 1.06 bits per heavy atom. The van der Waals surface area contributed by atoms with Crippen molar-refractivity contribution in [2.24, 2.45) is 11.8 Å². The molecule has 8 nitrogen and oxygen atoms in total. The maximum Gasteiger partial charge on any atom is 0.416 e. The van der Waals surface area contributed by atoms with E-state index in [1.807, 2.05) is 0 Å². The third-order valence-electron chi connectivity index (χ3n) is 5.89. The van der Waals surface area contributed by atoms with Crippen LogP contribution in [0.4, 0.5) is 13.2 Å². The van der Waals surface area contributed by atoms with E-state index in [0.29, 0.717) is 24.1 Å². The van der Waals surface area contributed by atoms with E-state index in [-0.39, 0.29) is 30.1 Å². The molecule has 1 aliphatic carbocycles. The van der Waals surface area contributed by atoms with Crippen molar-refractivity contribution in [2.75, 3.05) is 13.2 Å². The lowest BCUT2D eigenvalue weighted by atomic mass is 10.0. The Morgan fingerprint density at radius 2 is 1.88 bits per heavy atom. The van der Waals surface area contributed by atoms with E-state index in [0.717, 1.165) is 31.2 Å². The van der Waals surface area contributed by atoms with Gasteiger partial charge in [0.25, 0.3) is 5.91 Å². The number of amides is 1. The van der Waals surface area contributed by atoms with Gasteiger partial charge in [-0.15, -0.1) is 4.80 Å². The molecule has 1 saturated carbocycles. The van der Waals surface area contributed by atoms with E-state index in [9.17, 15) is 18.0 Å². The van der Waals surface area contributed by atoms with E-state index in [2.05, 4.69) is 20.2 Å². The predicted octanol–water partition coefficient (Wildman–Crippen LogP) is 3.01. The first-order valence-corrected chi connectivity index (χ1v) is 10.2. The summed E-state index contributed by atoms with van der Waals surface area (Å²) in [5.74, 6) is 0.522. The molecule has 3 aromatic heterocycles. The summed E-state index contributed by atoms with van der Waals surface area (Å²) in [4.78, 5) is 24.7. The van der Waals surface area contributed by atoms with Gasteiger partial charge >= 0.3 is 6.18 Å². The Hall–Kier alpha value is -3.50. The van der Waals surface area contributed by atoms with Gasteiger partial charge in [0.05, 0.1) is 24.0 Å². The van der Waals surface area contributed by atoms with Crippen LogP contribution < -0.4 is 4.74 Å². The van der Waals surface area contributed by atoms with Crippen molar-refractivity contribution in [3.63, 3.8) is 0 Å². The Bertz CT molecular complexity index is 1120. The number of carbonyl (C=O) groups excluding carboxylic acids is 1. The van der Waals surface area contributed by atoms with Crippen LogP contribution in [0.5, 0.6) is 5.88 Å². The maximum absolute atomic E-state index is 13.5. The Balaban J connectivity index is 1.36. The monoisotopic (exact) mass is 444 g/mol. The number of hydrogen-bond acceptors (Lipinski definition) is 6. The Labute approximate surface area is 181 Å². The largest absolute Gasteiger partial charge is 0.475 e. The van der Waals surface area contributed by atoms with Crippen LogP contribution in [0, 0.1) is 11.8 Å². The van der Waals surface area contributed by atoms with E-state index in [1.165, 1.54) is 23.4 Å². The number of fused-ring (bicyclic) bond motifs is 1. The van der Waals surface area contributed by atoms with Gasteiger partial charge < -0.3 is 9.64 Å². The number of halogens is 3. The van der Waals surface area contributed by atoms with Crippen molar-refractivity contribution in [2.45, 2.75) is 25.1 Å². The molecule has 0 unspecified atom stereocenters. The summed E-state index contributed by atoms with van der Waals surface area (Å²) in [6.07, 6.45) is 2.88. The van der Waals surface area contributed by atoms with Crippen LogP contribution in [-0.2, 0) is 6.18 Å². The molecule has 0 N–H and O–H groups in total. The van der Waals surface area contributed by atoms with Crippen LogP contribution in [0.1, 0.15) is 28.9 Å². The lowest BCUT2D eigenvalue weighted by Crippen LogP contribution is -2.48. The molecule has 5 rings (SSSR count). The first-order chi connectivity index (χ1) is 15.4. The molecule has 0 aromatic carbocycles. The minimum atomic E-state index is -4.48. The van der Waals surface area contributed by atoms with Crippen molar-refractivity contribution in [3.05, 3.63) is 60.3 Å². The van der Waals surface area contributed by atoms with Crippen molar-refractivity contribution in [1.82, 2.24) is 29.9 Å². The highest BCUT2D eigenvalue weighted by Crippen LogP contribution is 2.47. The maximum atomic E-state index is 13.5. The van der Waals surface area contributed by atoms with E-state index >= 15 is 0 Å². The number of piperidine rings is 1. The molecule has 3 aromatic rings. The summed E-state index contributed by atoms with van der Waals surface area (Å²) in [5.41, 5.74) is -0.157. The molecule has 0 bridgehead atoms. The molecular weight excluding hydrogens is 425 g/mol. The number of ether oxygens (including phenoxy) is 1. The topological polar surface area (TPSA) is 86.0 Å². The molecule has 3 atom stereocenters. The van der Waals surface area contributed by atoms with E-state index < -0.39 is 11.7 Å². The van der Waals surface area contributed by atoms with Crippen molar-refractivity contribution in [3.8, 4) is 11.6 Å². The molecule has 0 spiro atoms. The summed E-state index contributed by atoms with van der Waals surface area (Å²) < 4.78 is 44.5. The average Bonchev–Trinajstić information content (AvgIpc) is 3.33. The fourth-order valence-electron chi connectivity index (χ4n) is 4.15. The number of carbonyl (C=O) groups is 1. The second kappa shape index (κ2) is 7.88. The zero-order valence-corrected chi connectivity index (χ0v) is 16.8. The standard InChI is InChI=1S/C21H19F3N6O2/c22-21(23,24)15-3-5-25-18(10-15)32-12-16-9-13-8-14(13)11-29(16)20(31)19-17(2-1-4-26-19)30-27-6-7-28-30/h1-7,10,13-14,16H,8-9,11-12H2/t13-,14-,16-/m0/s1. The van der Waals surface area contributed by atoms with Crippen LogP contribution in [-0.4, -0.2) is 55.0 Å². The smallest absolute Gasteiger partial charge is 0.416 e. The third-order valence-corrected chi connectivity index (χ3v) is 5.89. The molecule has 0 radical (unpaired) electrons. The molecule has 1 aliphatic heterocycles. The zero-order valence-electron chi connectivity index (χ0n) is 16.8. The van der Waals surface area contributed by atoms with Gasteiger partial charge in [-0.3, -0.25) is 4.79 Å². The number of rotatable bonds is 5. The first kappa shape index (κ1) is 20.4. The predicted molar refractivity (Wildman–Crippen MR) is 105 cm³/mol. The fourth-order valence-corrected chi connectivity index (χ4v) is 4.15. The number of likely N-dealkylation sites (tertiary alicyclic amines) is 1. The van der Waals surface area contributed by atoms with Crippen LogP contribution in [0.25, 0.3) is 5.69 Å². The molecule has 2 fully saturated rings. The number of pyridine rings is 2. The quantitative estimate of drug-likeness (QED) is 0.602. The zero-order chi connectivity index (χ0) is 22.3. The Morgan fingerprint density at radius 3 is 2.66 bits per heavy atom. The second-order valence-electron chi connectivity index (χ2n) is 7.98. The first-order valence-electron chi connectivity index (χ1n) is 10.2. The molecule has 11 heteroatoms. The van der Waals surface area contributed by atoms with Gasteiger partial charge in [-0.1, -0.05) is 0 Å². The van der Waals surface area contributed by atoms with Gasteiger partial charge in [-0.25, -0.2) is 9.97 Å². The van der Waals surface area contributed by atoms with E-state index in [1.54, 1.807) is 17.0 Å². The van der Waals surface area contributed by atoms with Gasteiger partial charge in [0.15, 0.2) is 5.69 Å². The van der Waals surface area contributed by atoms with Gasteiger partial charge in [-0.05, 0) is 42.9 Å². The number of alkyl halides is 3. The highest BCUT2D eigenvalue weighted by Gasteiger charge is 2.48. The SMILES string of the molecule is O=C(c1ncccc1-n1nccn1)N1C[C@@H]2C[C@H]2C[C@H]1COc1cc(C(F)(F)F)ccn1. The van der Waals surface area contributed by atoms with E-state index in [4.69, 9.17) is 4.74 Å². The van der Waals surface area contributed by atoms with Gasteiger partial charge in [0.1, 0.15) is 12.3 Å². The molecule has 4 heterocycles. The molecule has 166 valence electrons. The van der Waals surface area contributed by atoms with Crippen molar-refractivity contribution < 1.29 is 22.7 Å². The molecular formula is C21H19F3N6O2. The van der Waals surface area contributed by atoms with Crippen LogP contribution in [0.2, 0.25) is 0 Å². The summed E-state index contributed by atoms with van der Waals surface area (Å²) in [6, 6.07) is 4.87. The summed E-state index contributed by atoms with van der Waals surface area (Å²) in [6.45, 7) is 0.599. The highest BCUT2D eigenvalue weighted by molar-refractivity contribution is 5.96. The van der Waals surface area contributed by atoms with Crippen LogP contribution in [0.3, 0.4) is 0 Å². The number of hydrogen-bond donors (Lipinski definition) is 0.